The molecule has 5 heteroatoms. The Morgan fingerprint density at radius 1 is 1.55 bits per heavy atom. The highest BCUT2D eigenvalue weighted by molar-refractivity contribution is 6.31. The van der Waals surface area contributed by atoms with Gasteiger partial charge in [0.15, 0.2) is 0 Å². The summed E-state index contributed by atoms with van der Waals surface area (Å²) in [6.07, 6.45) is 2.43. The van der Waals surface area contributed by atoms with Gasteiger partial charge < -0.3 is 10.6 Å². The Morgan fingerprint density at radius 2 is 2.20 bits per heavy atom. The first-order valence-electron chi connectivity index (χ1n) is 6.89. The number of hydrogen-bond acceptors (Lipinski definition) is 2. The molecule has 110 valence electrons. The smallest absolute Gasteiger partial charge is 0.242 e. The topological polar surface area (TPSA) is 46.3 Å². The van der Waals surface area contributed by atoms with Crippen molar-refractivity contribution in [2.24, 2.45) is 5.73 Å². The van der Waals surface area contributed by atoms with Gasteiger partial charge in [0.05, 0.1) is 12.1 Å². The van der Waals surface area contributed by atoms with E-state index in [1.807, 2.05) is 6.92 Å². The van der Waals surface area contributed by atoms with Gasteiger partial charge in [-0.1, -0.05) is 24.6 Å². The molecule has 1 fully saturated rings. The first-order valence-corrected chi connectivity index (χ1v) is 7.27. The fraction of sp³-hybridized carbons (Fsp3) is 0.533. The fourth-order valence-electron chi connectivity index (χ4n) is 2.09. The summed E-state index contributed by atoms with van der Waals surface area (Å²) in [6.45, 7) is 3.77. The SMILES string of the molecule is CCC(C)(N)C(=O)N(Cc1c(F)cccc1Cl)C1CC1. The molecule has 1 saturated carbocycles. The quantitative estimate of drug-likeness (QED) is 0.908. The molecule has 0 spiro atoms. The van der Waals surface area contributed by atoms with E-state index >= 15 is 0 Å². The van der Waals surface area contributed by atoms with Crippen LogP contribution in [-0.4, -0.2) is 22.4 Å². The minimum atomic E-state index is -0.916. The predicted octanol–water partition coefficient (Wildman–Crippen LogP) is 3.10. The van der Waals surface area contributed by atoms with Crippen molar-refractivity contribution < 1.29 is 9.18 Å². The van der Waals surface area contributed by atoms with Crippen molar-refractivity contribution in [1.29, 1.82) is 0 Å². The van der Waals surface area contributed by atoms with Gasteiger partial charge >= 0.3 is 0 Å². The van der Waals surface area contributed by atoms with Crippen LogP contribution < -0.4 is 5.73 Å². The molecular weight excluding hydrogens is 279 g/mol. The molecule has 1 aromatic rings. The number of nitrogens with two attached hydrogens (primary N) is 1. The van der Waals surface area contributed by atoms with Gasteiger partial charge in [-0.2, -0.15) is 0 Å². The number of carbonyl (C=O) groups is 1. The zero-order valence-electron chi connectivity index (χ0n) is 11.8. The summed E-state index contributed by atoms with van der Waals surface area (Å²) < 4.78 is 13.9. The molecule has 0 heterocycles. The second-order valence-electron chi connectivity index (χ2n) is 5.64. The van der Waals surface area contributed by atoms with Crippen molar-refractivity contribution in [1.82, 2.24) is 4.90 Å². The van der Waals surface area contributed by atoms with Gasteiger partial charge in [-0.25, -0.2) is 4.39 Å². The van der Waals surface area contributed by atoms with E-state index in [4.69, 9.17) is 17.3 Å². The van der Waals surface area contributed by atoms with E-state index in [1.165, 1.54) is 6.07 Å². The Balaban J connectivity index is 2.25. The van der Waals surface area contributed by atoms with Crippen LogP contribution in [0.5, 0.6) is 0 Å². The van der Waals surface area contributed by atoms with Crippen LogP contribution in [0.1, 0.15) is 38.7 Å². The highest BCUT2D eigenvalue weighted by Gasteiger charge is 2.39. The lowest BCUT2D eigenvalue weighted by atomic mass is 9.98. The largest absolute Gasteiger partial charge is 0.334 e. The fourth-order valence-corrected chi connectivity index (χ4v) is 2.31. The van der Waals surface area contributed by atoms with Crippen LogP contribution in [0.3, 0.4) is 0 Å². The average Bonchev–Trinajstić information content (AvgIpc) is 3.22. The Labute approximate surface area is 123 Å². The zero-order chi connectivity index (χ0) is 14.9. The molecular formula is C15H20ClFN2O. The molecule has 2 N–H and O–H groups in total. The second-order valence-corrected chi connectivity index (χ2v) is 6.04. The van der Waals surface area contributed by atoms with Crippen molar-refractivity contribution in [2.45, 2.75) is 51.2 Å². The lowest BCUT2D eigenvalue weighted by Crippen LogP contribution is -2.53. The molecule has 1 atom stereocenters. The van der Waals surface area contributed by atoms with Crippen LogP contribution in [0.2, 0.25) is 5.02 Å². The van der Waals surface area contributed by atoms with Gasteiger partial charge in [-0.05, 0) is 38.3 Å². The molecule has 3 nitrogen and oxygen atoms in total. The van der Waals surface area contributed by atoms with Crippen LogP contribution >= 0.6 is 11.6 Å². The van der Waals surface area contributed by atoms with Crippen LogP contribution in [0.4, 0.5) is 4.39 Å². The van der Waals surface area contributed by atoms with Gasteiger partial charge in [-0.3, -0.25) is 4.79 Å². The maximum atomic E-state index is 13.9. The molecule has 1 unspecified atom stereocenters. The third-order valence-corrected chi connectivity index (χ3v) is 4.22. The molecule has 20 heavy (non-hydrogen) atoms. The van der Waals surface area contributed by atoms with Crippen LogP contribution in [0, 0.1) is 5.82 Å². The van der Waals surface area contributed by atoms with E-state index in [1.54, 1.807) is 24.0 Å². The van der Waals surface area contributed by atoms with E-state index in [9.17, 15) is 9.18 Å². The standard InChI is InChI=1S/C15H20ClFN2O/c1-3-15(2,18)14(20)19(10-7-8-10)9-11-12(16)5-4-6-13(11)17/h4-6,10H,3,7-9,18H2,1-2H3. The normalized spacial score (nSPS) is 17.6. The van der Waals surface area contributed by atoms with Crippen LogP contribution in [-0.2, 0) is 11.3 Å². The third kappa shape index (κ3) is 3.13. The highest BCUT2D eigenvalue weighted by atomic mass is 35.5. The number of amides is 1. The predicted molar refractivity (Wildman–Crippen MR) is 77.9 cm³/mol. The van der Waals surface area contributed by atoms with Crippen molar-refractivity contribution >= 4 is 17.5 Å². The number of halogens is 2. The van der Waals surface area contributed by atoms with Crippen molar-refractivity contribution in [2.75, 3.05) is 0 Å². The summed E-state index contributed by atoms with van der Waals surface area (Å²) >= 11 is 6.04. The van der Waals surface area contributed by atoms with E-state index in [-0.39, 0.29) is 24.3 Å². The van der Waals surface area contributed by atoms with Gasteiger partial charge in [0.25, 0.3) is 0 Å². The summed E-state index contributed by atoms with van der Waals surface area (Å²) in [5.74, 6) is -0.520. The maximum absolute atomic E-state index is 13.9. The molecule has 0 radical (unpaired) electrons. The van der Waals surface area contributed by atoms with Gasteiger partial charge in [0.1, 0.15) is 5.82 Å². The number of benzene rings is 1. The number of carbonyl (C=O) groups excluding carboxylic acids is 1. The molecule has 1 aromatic carbocycles. The minimum absolute atomic E-state index is 0.137. The first kappa shape index (κ1) is 15.3. The van der Waals surface area contributed by atoms with Gasteiger partial charge in [0, 0.05) is 16.6 Å². The van der Waals surface area contributed by atoms with E-state index in [0.29, 0.717) is 17.0 Å². The molecule has 1 aliphatic carbocycles. The molecule has 1 aliphatic rings. The van der Waals surface area contributed by atoms with Crippen molar-refractivity contribution in [3.8, 4) is 0 Å². The van der Waals surface area contributed by atoms with Gasteiger partial charge in [-0.15, -0.1) is 0 Å². The Bertz CT molecular complexity index is 494. The molecule has 1 amide bonds. The van der Waals surface area contributed by atoms with E-state index in [2.05, 4.69) is 0 Å². The Morgan fingerprint density at radius 3 is 2.70 bits per heavy atom. The lowest BCUT2D eigenvalue weighted by Gasteiger charge is -2.31. The van der Waals surface area contributed by atoms with Crippen LogP contribution in [0.15, 0.2) is 18.2 Å². The second kappa shape index (κ2) is 5.70. The Kier molecular flexibility index (Phi) is 4.35. The summed E-state index contributed by atoms with van der Waals surface area (Å²) in [6, 6.07) is 4.71. The summed E-state index contributed by atoms with van der Waals surface area (Å²) in [7, 11) is 0. The molecule has 0 aliphatic heterocycles. The monoisotopic (exact) mass is 298 g/mol. The zero-order valence-corrected chi connectivity index (χ0v) is 12.6. The number of nitrogens with zero attached hydrogens (tertiary/aromatic N) is 1. The molecule has 0 aromatic heterocycles. The van der Waals surface area contributed by atoms with Crippen molar-refractivity contribution in [3.05, 3.63) is 34.6 Å². The van der Waals surface area contributed by atoms with Gasteiger partial charge in [0.2, 0.25) is 5.91 Å². The van der Waals surface area contributed by atoms with Crippen molar-refractivity contribution in [3.63, 3.8) is 0 Å². The highest BCUT2D eigenvalue weighted by Crippen LogP contribution is 2.32. The minimum Gasteiger partial charge on any atom is -0.334 e. The summed E-state index contributed by atoms with van der Waals surface area (Å²) in [4.78, 5) is 14.2. The molecule has 0 bridgehead atoms. The number of hydrogen-bond donors (Lipinski definition) is 1. The maximum Gasteiger partial charge on any atom is 0.242 e. The third-order valence-electron chi connectivity index (χ3n) is 3.86. The Hall–Kier alpha value is -1.13. The number of rotatable bonds is 5. The van der Waals surface area contributed by atoms with E-state index in [0.717, 1.165) is 12.8 Å². The molecule has 0 saturated heterocycles. The van der Waals surface area contributed by atoms with E-state index < -0.39 is 5.54 Å². The van der Waals surface area contributed by atoms with Crippen LogP contribution in [0.25, 0.3) is 0 Å². The lowest BCUT2D eigenvalue weighted by molar-refractivity contribution is -0.137. The summed E-state index contributed by atoms with van der Waals surface area (Å²) in [5.41, 5.74) is 5.48. The summed E-state index contributed by atoms with van der Waals surface area (Å²) in [5, 5.41) is 0.346. The average molecular weight is 299 g/mol. The first-order chi connectivity index (χ1) is 9.36. The molecule has 2 rings (SSSR count).